The van der Waals surface area contributed by atoms with E-state index in [1.807, 2.05) is 6.07 Å². The third kappa shape index (κ3) is 3.88. The van der Waals surface area contributed by atoms with E-state index in [2.05, 4.69) is 15.0 Å². The molecule has 7 nitrogen and oxygen atoms in total. The molecule has 0 atom stereocenters. The van der Waals surface area contributed by atoms with Gasteiger partial charge in [0, 0.05) is 0 Å². The summed E-state index contributed by atoms with van der Waals surface area (Å²) < 4.78 is 15.2. The highest BCUT2D eigenvalue weighted by atomic mass is 16.5. The van der Waals surface area contributed by atoms with Gasteiger partial charge in [-0.05, 0) is 25.1 Å². The largest absolute Gasteiger partial charge is 0.467 e. The predicted molar refractivity (Wildman–Crippen MR) is 75.7 cm³/mol. The number of furan rings is 2. The van der Waals surface area contributed by atoms with E-state index in [1.54, 1.807) is 25.3 Å². The molecule has 2 aromatic heterocycles. The van der Waals surface area contributed by atoms with Crippen LogP contribution in [-0.4, -0.2) is 19.0 Å². The van der Waals surface area contributed by atoms with Crippen molar-refractivity contribution in [1.29, 1.82) is 0 Å². The minimum Gasteiger partial charge on any atom is -0.467 e. The van der Waals surface area contributed by atoms with E-state index in [-0.39, 0.29) is 12.5 Å². The third-order valence-corrected chi connectivity index (χ3v) is 2.80. The lowest BCUT2D eigenvalue weighted by atomic mass is 10.2. The van der Waals surface area contributed by atoms with Crippen molar-refractivity contribution in [2.75, 3.05) is 7.11 Å². The van der Waals surface area contributed by atoms with Crippen LogP contribution >= 0.6 is 0 Å². The van der Waals surface area contributed by atoms with Gasteiger partial charge in [0.1, 0.15) is 29.4 Å². The van der Waals surface area contributed by atoms with Gasteiger partial charge in [0.2, 0.25) is 0 Å². The second-order valence-electron chi connectivity index (χ2n) is 4.31. The molecule has 0 spiro atoms. The molecule has 112 valence electrons. The molecule has 2 rings (SSSR count). The van der Waals surface area contributed by atoms with Crippen LogP contribution in [0.4, 0.5) is 0 Å². The van der Waals surface area contributed by atoms with Crippen LogP contribution in [0.3, 0.4) is 0 Å². The lowest BCUT2D eigenvalue weighted by molar-refractivity contribution is 0.0599. The maximum atomic E-state index is 11.5. The molecule has 0 aliphatic carbocycles. The number of ether oxygens (including phenoxy) is 1. The Morgan fingerprint density at radius 2 is 2.29 bits per heavy atom. The van der Waals surface area contributed by atoms with Crippen LogP contribution in [0.5, 0.6) is 0 Å². The summed E-state index contributed by atoms with van der Waals surface area (Å²) in [5, 5.41) is 2.91. The fourth-order valence-corrected chi connectivity index (χ4v) is 1.74. The van der Waals surface area contributed by atoms with Crippen molar-refractivity contribution in [3.8, 4) is 0 Å². The Morgan fingerprint density at radius 3 is 2.95 bits per heavy atom. The molecule has 7 heteroatoms. The van der Waals surface area contributed by atoms with E-state index >= 15 is 0 Å². The summed E-state index contributed by atoms with van der Waals surface area (Å²) in [5.74, 6) is 1.62. The highest BCUT2D eigenvalue weighted by molar-refractivity contribution is 5.90. The van der Waals surface area contributed by atoms with Crippen molar-refractivity contribution in [3.63, 3.8) is 0 Å². The van der Waals surface area contributed by atoms with Gasteiger partial charge in [-0.15, -0.1) is 0 Å². The molecule has 0 fully saturated rings. The molecule has 0 amide bonds. The Kier molecular flexibility index (Phi) is 4.65. The summed E-state index contributed by atoms with van der Waals surface area (Å²) >= 11 is 0. The zero-order chi connectivity index (χ0) is 15.2. The van der Waals surface area contributed by atoms with Gasteiger partial charge >= 0.3 is 5.97 Å². The second kappa shape index (κ2) is 6.65. The molecule has 0 saturated heterocycles. The molecule has 0 radical (unpaired) electrons. The van der Waals surface area contributed by atoms with Crippen LogP contribution in [0.2, 0.25) is 0 Å². The van der Waals surface area contributed by atoms with Crippen molar-refractivity contribution >= 4 is 11.9 Å². The average Bonchev–Trinajstić information content (AvgIpc) is 3.11. The SMILES string of the molecule is COC(=O)c1cc(CN=C(N)NCc2ccco2)oc1C. The topological polar surface area (TPSA) is 103 Å². The summed E-state index contributed by atoms with van der Waals surface area (Å²) in [7, 11) is 1.32. The summed E-state index contributed by atoms with van der Waals surface area (Å²) in [5.41, 5.74) is 6.13. The Balaban J connectivity index is 1.92. The third-order valence-electron chi connectivity index (χ3n) is 2.80. The zero-order valence-corrected chi connectivity index (χ0v) is 11.9. The smallest absolute Gasteiger partial charge is 0.341 e. The van der Waals surface area contributed by atoms with Crippen molar-refractivity contribution in [2.45, 2.75) is 20.0 Å². The Bertz CT molecular complexity index is 629. The molecule has 0 saturated carbocycles. The summed E-state index contributed by atoms with van der Waals surface area (Å²) in [6, 6.07) is 5.23. The van der Waals surface area contributed by atoms with Crippen molar-refractivity contribution in [2.24, 2.45) is 10.7 Å². The maximum absolute atomic E-state index is 11.5. The van der Waals surface area contributed by atoms with E-state index in [9.17, 15) is 4.79 Å². The lowest BCUT2D eigenvalue weighted by Crippen LogP contribution is -2.30. The van der Waals surface area contributed by atoms with Crippen LogP contribution in [0.1, 0.15) is 27.6 Å². The number of aliphatic imine (C=N–C) groups is 1. The van der Waals surface area contributed by atoms with Crippen molar-refractivity contribution < 1.29 is 18.4 Å². The van der Waals surface area contributed by atoms with Crippen molar-refractivity contribution in [1.82, 2.24) is 5.32 Å². The lowest BCUT2D eigenvalue weighted by Gasteiger charge is -2.02. The van der Waals surface area contributed by atoms with Gasteiger partial charge in [-0.2, -0.15) is 0 Å². The van der Waals surface area contributed by atoms with Gasteiger partial charge in [-0.25, -0.2) is 9.79 Å². The number of nitrogens with zero attached hydrogens (tertiary/aromatic N) is 1. The number of methoxy groups -OCH3 is 1. The van der Waals surface area contributed by atoms with Gasteiger partial charge in [0.25, 0.3) is 0 Å². The molecule has 2 heterocycles. The van der Waals surface area contributed by atoms with Gasteiger partial charge in [-0.3, -0.25) is 0 Å². The van der Waals surface area contributed by atoms with Gasteiger partial charge < -0.3 is 24.6 Å². The van der Waals surface area contributed by atoms with Crippen LogP contribution < -0.4 is 11.1 Å². The van der Waals surface area contributed by atoms with Crippen LogP contribution in [0.15, 0.2) is 38.3 Å². The Hall–Kier alpha value is -2.70. The molecule has 0 aliphatic heterocycles. The second-order valence-corrected chi connectivity index (χ2v) is 4.31. The number of rotatable bonds is 5. The number of hydrogen-bond acceptors (Lipinski definition) is 5. The Labute approximate surface area is 121 Å². The van der Waals surface area contributed by atoms with Crippen LogP contribution in [0.25, 0.3) is 0 Å². The number of nitrogens with two attached hydrogens (primary N) is 1. The molecule has 0 aromatic carbocycles. The fraction of sp³-hybridized carbons (Fsp3) is 0.286. The van der Waals surface area contributed by atoms with Gasteiger partial charge in [0.05, 0.1) is 19.9 Å². The first-order valence-corrected chi connectivity index (χ1v) is 6.34. The molecule has 2 aromatic rings. The minimum atomic E-state index is -0.435. The number of carbonyl (C=O) groups is 1. The monoisotopic (exact) mass is 291 g/mol. The molecule has 21 heavy (non-hydrogen) atoms. The summed E-state index contributed by atoms with van der Waals surface area (Å²) in [6.07, 6.45) is 1.59. The van der Waals surface area contributed by atoms with E-state index in [4.69, 9.17) is 14.6 Å². The first kappa shape index (κ1) is 14.7. The number of hydrogen-bond donors (Lipinski definition) is 2. The number of guanidine groups is 1. The number of aryl methyl sites for hydroxylation is 1. The quantitative estimate of drug-likeness (QED) is 0.492. The van der Waals surface area contributed by atoms with Crippen molar-refractivity contribution in [3.05, 3.63) is 47.3 Å². The standard InChI is InChI=1S/C14H17N3O4/c1-9-12(13(18)19-2)6-11(21-9)8-17-14(15)16-7-10-4-3-5-20-10/h3-6H,7-8H2,1-2H3,(H3,15,16,17). The average molecular weight is 291 g/mol. The fourth-order valence-electron chi connectivity index (χ4n) is 1.74. The molecule has 0 aliphatic rings. The van der Waals surface area contributed by atoms with E-state index in [0.29, 0.717) is 23.6 Å². The minimum absolute atomic E-state index is 0.231. The van der Waals surface area contributed by atoms with E-state index < -0.39 is 5.97 Å². The number of nitrogens with one attached hydrogen (secondary N) is 1. The molecule has 3 N–H and O–H groups in total. The first-order valence-electron chi connectivity index (χ1n) is 6.34. The zero-order valence-electron chi connectivity index (χ0n) is 11.9. The summed E-state index contributed by atoms with van der Waals surface area (Å²) in [4.78, 5) is 15.6. The normalized spacial score (nSPS) is 11.4. The molecule has 0 unspecified atom stereocenters. The molecule has 0 bridgehead atoms. The number of carbonyl (C=O) groups excluding carboxylic acids is 1. The molecular formula is C14H17N3O4. The highest BCUT2D eigenvalue weighted by Gasteiger charge is 2.14. The first-order chi connectivity index (χ1) is 10.1. The Morgan fingerprint density at radius 1 is 1.48 bits per heavy atom. The van der Waals surface area contributed by atoms with Gasteiger partial charge in [-0.1, -0.05) is 0 Å². The van der Waals surface area contributed by atoms with Gasteiger partial charge in [0.15, 0.2) is 5.96 Å². The predicted octanol–water partition coefficient (Wildman–Crippen LogP) is 1.57. The van der Waals surface area contributed by atoms with E-state index in [0.717, 1.165) is 5.76 Å². The summed E-state index contributed by atoms with van der Waals surface area (Å²) in [6.45, 7) is 2.37. The van der Waals surface area contributed by atoms with E-state index in [1.165, 1.54) is 7.11 Å². The maximum Gasteiger partial charge on any atom is 0.341 e. The molecular weight excluding hydrogens is 274 g/mol. The van der Waals surface area contributed by atoms with Crippen LogP contribution in [0, 0.1) is 6.92 Å². The number of esters is 1. The highest BCUT2D eigenvalue weighted by Crippen LogP contribution is 2.16. The van der Waals surface area contributed by atoms with Crippen LogP contribution in [-0.2, 0) is 17.8 Å².